The lowest BCUT2D eigenvalue weighted by atomic mass is 9.95. The number of amides is 2. The number of benzene rings is 2. The van der Waals surface area contributed by atoms with E-state index in [2.05, 4.69) is 40.5 Å². The molecule has 9 heteroatoms. The monoisotopic (exact) mass is 652 g/mol. The lowest BCUT2D eigenvalue weighted by molar-refractivity contribution is -0.0141. The van der Waals surface area contributed by atoms with Crippen LogP contribution in [0.1, 0.15) is 79.2 Å². The number of aryl methyl sites for hydroxylation is 1. The molecule has 3 fully saturated rings. The van der Waals surface area contributed by atoms with Crippen LogP contribution in [0.4, 0.5) is 4.79 Å². The van der Waals surface area contributed by atoms with Crippen LogP contribution in [0.25, 0.3) is 21.3 Å². The second-order valence-electron chi connectivity index (χ2n) is 14.3. The van der Waals surface area contributed by atoms with E-state index in [4.69, 9.17) is 14.5 Å². The third-order valence-electron chi connectivity index (χ3n) is 9.53. The summed E-state index contributed by atoms with van der Waals surface area (Å²) >= 11 is 1.85. The summed E-state index contributed by atoms with van der Waals surface area (Å²) in [4.78, 5) is 38.1. The Kier molecular flexibility index (Phi) is 8.47. The van der Waals surface area contributed by atoms with E-state index in [1.54, 1.807) is 4.90 Å². The highest BCUT2D eigenvalue weighted by Gasteiger charge is 2.47. The van der Waals surface area contributed by atoms with E-state index >= 15 is 0 Å². The summed E-state index contributed by atoms with van der Waals surface area (Å²) in [5.41, 5.74) is 3.70. The van der Waals surface area contributed by atoms with Gasteiger partial charge in [-0.3, -0.25) is 14.7 Å². The molecule has 246 valence electrons. The predicted molar refractivity (Wildman–Crippen MR) is 186 cm³/mol. The highest BCUT2D eigenvalue weighted by Crippen LogP contribution is 2.49. The largest absolute Gasteiger partial charge is 0.491 e. The molecule has 1 N–H and O–H groups in total. The number of pyridine rings is 1. The molecule has 2 aromatic carbocycles. The number of carbonyl (C=O) groups is 2. The minimum Gasteiger partial charge on any atom is -0.491 e. The van der Waals surface area contributed by atoms with Crippen molar-refractivity contribution in [3.63, 3.8) is 0 Å². The number of aromatic nitrogens is 1. The number of hydrogen-bond acceptors (Lipinski definition) is 7. The molecule has 2 amide bonds. The molecule has 47 heavy (non-hydrogen) atoms. The molecule has 7 rings (SSSR count). The van der Waals surface area contributed by atoms with E-state index in [1.165, 1.54) is 35.7 Å². The summed E-state index contributed by atoms with van der Waals surface area (Å²) in [6, 6.07) is 18.6. The van der Waals surface area contributed by atoms with Gasteiger partial charge in [-0.25, -0.2) is 4.79 Å². The van der Waals surface area contributed by atoms with Crippen LogP contribution in [0.15, 0.2) is 60.8 Å². The van der Waals surface area contributed by atoms with Crippen molar-refractivity contribution in [3.8, 4) is 16.2 Å². The summed E-state index contributed by atoms with van der Waals surface area (Å²) in [6.07, 6.45) is 6.70. The lowest BCUT2D eigenvalue weighted by Gasteiger charge is -2.41. The zero-order chi connectivity index (χ0) is 32.8. The first-order chi connectivity index (χ1) is 22.6. The Morgan fingerprint density at radius 2 is 1.85 bits per heavy atom. The normalized spacial score (nSPS) is 19.0. The summed E-state index contributed by atoms with van der Waals surface area (Å²) in [5.74, 6) is 0.497. The number of nitrogens with zero attached hydrogens (tertiary/aromatic N) is 3. The Labute approximate surface area is 281 Å². The number of thiophene rings is 1. The standard InChI is InChI=1S/C38H44N4O4S/c1-25-9-10-28(45-24-27-13-19-42(27)36(44)46-37(2,3)4)22-31(25)35(43)40-38(14-15-38)32-20-26(21-33-30(32)8-7-16-39-33)34-12-11-29(47-34)23-41-17-5-6-18-41/h7-12,16,20-22,27H,5-6,13-15,17-19,23-24H2,1-4H3,(H,40,43)/t27-/m0/s1. The number of rotatable bonds is 9. The van der Waals surface area contributed by atoms with Crippen LogP contribution in [0.5, 0.6) is 5.75 Å². The first kappa shape index (κ1) is 31.6. The maximum Gasteiger partial charge on any atom is 0.410 e. The van der Waals surface area contributed by atoms with Crippen LogP contribution in [0.3, 0.4) is 0 Å². The van der Waals surface area contributed by atoms with Gasteiger partial charge in [0.2, 0.25) is 0 Å². The fourth-order valence-electron chi connectivity index (χ4n) is 6.67. The third kappa shape index (κ3) is 6.87. The highest BCUT2D eigenvalue weighted by atomic mass is 32.1. The van der Waals surface area contributed by atoms with Crippen LogP contribution in [-0.2, 0) is 16.8 Å². The fraction of sp³-hybridized carbons (Fsp3) is 0.447. The zero-order valence-electron chi connectivity index (χ0n) is 27.8. The van der Waals surface area contributed by atoms with Crippen molar-refractivity contribution < 1.29 is 19.1 Å². The number of hydrogen-bond donors (Lipinski definition) is 1. The van der Waals surface area contributed by atoms with Crippen LogP contribution >= 0.6 is 11.3 Å². The fourth-order valence-corrected chi connectivity index (χ4v) is 7.71. The van der Waals surface area contributed by atoms with Crippen LogP contribution in [0.2, 0.25) is 0 Å². The summed E-state index contributed by atoms with van der Waals surface area (Å²) in [5, 5.41) is 4.50. The average molecular weight is 653 g/mol. The number of nitrogens with one attached hydrogen (secondary N) is 1. The minimum absolute atomic E-state index is 0.0491. The van der Waals surface area contributed by atoms with E-state index in [0.29, 0.717) is 24.5 Å². The maximum absolute atomic E-state index is 13.9. The van der Waals surface area contributed by atoms with Gasteiger partial charge < -0.3 is 19.7 Å². The first-order valence-corrected chi connectivity index (χ1v) is 17.6. The topological polar surface area (TPSA) is 84.0 Å². The van der Waals surface area contributed by atoms with Crippen LogP contribution in [0, 0.1) is 6.92 Å². The molecule has 3 aliphatic rings. The molecular formula is C38H44N4O4S. The van der Waals surface area contributed by atoms with Gasteiger partial charge in [-0.1, -0.05) is 12.1 Å². The van der Waals surface area contributed by atoms with Gasteiger partial charge in [-0.15, -0.1) is 11.3 Å². The van der Waals surface area contributed by atoms with E-state index in [1.807, 2.05) is 69.5 Å². The third-order valence-corrected chi connectivity index (χ3v) is 10.7. The van der Waals surface area contributed by atoms with Crippen molar-refractivity contribution in [1.29, 1.82) is 0 Å². The van der Waals surface area contributed by atoms with Crippen LogP contribution < -0.4 is 10.1 Å². The SMILES string of the molecule is Cc1ccc(OC[C@@H]2CCN2C(=O)OC(C)(C)C)cc1C(=O)NC1(c2cc(-c3ccc(CN4CCCC4)s3)cc3ncccc23)CC1. The summed E-state index contributed by atoms with van der Waals surface area (Å²) < 4.78 is 11.7. The molecule has 1 aliphatic carbocycles. The molecule has 8 nitrogen and oxygen atoms in total. The minimum atomic E-state index is -0.541. The van der Waals surface area contributed by atoms with Crippen molar-refractivity contribution in [2.75, 3.05) is 26.2 Å². The molecule has 1 atom stereocenters. The van der Waals surface area contributed by atoms with Gasteiger partial charge in [0, 0.05) is 40.0 Å². The second-order valence-corrected chi connectivity index (χ2v) is 15.5. The summed E-state index contributed by atoms with van der Waals surface area (Å²) in [7, 11) is 0. The average Bonchev–Trinajstić information content (AvgIpc) is 3.36. The maximum atomic E-state index is 13.9. The Bertz CT molecular complexity index is 1800. The zero-order valence-corrected chi connectivity index (χ0v) is 28.6. The molecule has 4 aromatic rings. The Morgan fingerprint density at radius 1 is 1.04 bits per heavy atom. The molecular weight excluding hydrogens is 609 g/mol. The van der Waals surface area contributed by atoms with Crippen molar-refractivity contribution >= 4 is 34.2 Å². The molecule has 0 radical (unpaired) electrons. The molecule has 0 unspecified atom stereocenters. The Morgan fingerprint density at radius 3 is 2.57 bits per heavy atom. The molecule has 1 saturated carbocycles. The van der Waals surface area contributed by atoms with Gasteiger partial charge >= 0.3 is 6.09 Å². The number of ether oxygens (including phenoxy) is 2. The van der Waals surface area contributed by atoms with Crippen molar-refractivity contribution in [2.24, 2.45) is 0 Å². The number of likely N-dealkylation sites (tertiary alicyclic amines) is 2. The number of carbonyl (C=O) groups excluding carboxylic acids is 2. The first-order valence-electron chi connectivity index (χ1n) is 16.8. The second kappa shape index (κ2) is 12.6. The van der Waals surface area contributed by atoms with Gasteiger partial charge in [0.1, 0.15) is 18.0 Å². The van der Waals surface area contributed by atoms with Crippen molar-refractivity contribution in [1.82, 2.24) is 20.1 Å². The Hall–Kier alpha value is -3.95. The molecule has 0 bridgehead atoms. The van der Waals surface area contributed by atoms with Gasteiger partial charge in [0.25, 0.3) is 5.91 Å². The Balaban J connectivity index is 1.08. The highest BCUT2D eigenvalue weighted by molar-refractivity contribution is 7.15. The van der Waals surface area contributed by atoms with E-state index in [-0.39, 0.29) is 18.0 Å². The van der Waals surface area contributed by atoms with Gasteiger partial charge in [0.05, 0.1) is 17.1 Å². The van der Waals surface area contributed by atoms with E-state index in [0.717, 1.165) is 53.4 Å². The molecule has 2 saturated heterocycles. The van der Waals surface area contributed by atoms with Crippen molar-refractivity contribution in [2.45, 2.75) is 83.5 Å². The van der Waals surface area contributed by atoms with Crippen LogP contribution in [-0.4, -0.2) is 64.7 Å². The van der Waals surface area contributed by atoms with Gasteiger partial charge in [0.15, 0.2) is 0 Å². The van der Waals surface area contributed by atoms with Crippen molar-refractivity contribution in [3.05, 3.63) is 82.4 Å². The lowest BCUT2D eigenvalue weighted by Crippen LogP contribution is -2.55. The molecule has 0 spiro atoms. The predicted octanol–water partition coefficient (Wildman–Crippen LogP) is 7.67. The smallest absolute Gasteiger partial charge is 0.410 e. The molecule has 2 aromatic heterocycles. The summed E-state index contributed by atoms with van der Waals surface area (Å²) in [6.45, 7) is 11.9. The number of fused-ring (bicyclic) bond motifs is 1. The molecule has 2 aliphatic heterocycles. The van der Waals surface area contributed by atoms with Gasteiger partial charge in [-0.2, -0.15) is 0 Å². The molecule has 4 heterocycles. The quantitative estimate of drug-likeness (QED) is 0.200. The van der Waals surface area contributed by atoms with E-state index < -0.39 is 11.1 Å². The van der Waals surface area contributed by atoms with Gasteiger partial charge in [-0.05, 0) is 132 Å². The van der Waals surface area contributed by atoms with E-state index in [9.17, 15) is 9.59 Å².